The van der Waals surface area contributed by atoms with Gasteiger partial charge in [0.25, 0.3) is 0 Å². The highest BCUT2D eigenvalue weighted by Crippen LogP contribution is 2.38. The van der Waals surface area contributed by atoms with Crippen LogP contribution in [0.3, 0.4) is 0 Å². The van der Waals surface area contributed by atoms with Crippen LogP contribution in [0.2, 0.25) is 0 Å². The van der Waals surface area contributed by atoms with Crippen LogP contribution in [0, 0.1) is 11.3 Å². The zero-order valence-electron chi connectivity index (χ0n) is 19.4. The number of carbonyl (C=O) groups excluding carboxylic acids is 3. The van der Waals surface area contributed by atoms with E-state index in [1.165, 1.54) is 0 Å². The summed E-state index contributed by atoms with van der Waals surface area (Å²) in [6.07, 6.45) is 5.85. The van der Waals surface area contributed by atoms with Gasteiger partial charge in [0.2, 0.25) is 17.7 Å². The lowest BCUT2D eigenvalue weighted by Gasteiger charge is -2.42. The summed E-state index contributed by atoms with van der Waals surface area (Å²) < 4.78 is 0. The fraction of sp³-hybridized carbons (Fsp3) is 0.462. The number of piperidine rings is 1. The Labute approximate surface area is 195 Å². The number of benzene rings is 1. The lowest BCUT2D eigenvalue weighted by atomic mass is 9.73. The van der Waals surface area contributed by atoms with Gasteiger partial charge in [-0.15, -0.1) is 0 Å². The zero-order chi connectivity index (χ0) is 23.4. The molecule has 0 radical (unpaired) electrons. The monoisotopic (exact) mass is 448 g/mol. The van der Waals surface area contributed by atoms with Gasteiger partial charge in [-0.2, -0.15) is 0 Å². The van der Waals surface area contributed by atoms with E-state index in [4.69, 9.17) is 0 Å². The molecule has 3 heterocycles. The molecule has 3 amide bonds. The van der Waals surface area contributed by atoms with E-state index in [9.17, 15) is 14.4 Å². The highest BCUT2D eigenvalue weighted by Gasteiger charge is 2.45. The molecule has 0 bridgehead atoms. The van der Waals surface area contributed by atoms with Crippen LogP contribution < -0.4 is 5.32 Å². The molecule has 1 aromatic carbocycles. The summed E-state index contributed by atoms with van der Waals surface area (Å²) in [5.41, 5.74) is 2.43. The van der Waals surface area contributed by atoms with E-state index >= 15 is 0 Å². The highest BCUT2D eigenvalue weighted by molar-refractivity contribution is 5.90. The molecule has 33 heavy (non-hydrogen) atoms. The van der Waals surface area contributed by atoms with E-state index in [-0.39, 0.29) is 30.1 Å². The summed E-state index contributed by atoms with van der Waals surface area (Å²) in [6.45, 7) is 3.90. The first-order chi connectivity index (χ1) is 15.9. The van der Waals surface area contributed by atoms with Crippen molar-refractivity contribution in [3.05, 3.63) is 54.4 Å². The van der Waals surface area contributed by atoms with Crippen LogP contribution >= 0.6 is 0 Å². The van der Waals surface area contributed by atoms with Gasteiger partial charge in [0.1, 0.15) is 0 Å². The Morgan fingerprint density at radius 3 is 2.73 bits per heavy atom. The lowest BCUT2D eigenvalue weighted by Crippen LogP contribution is -2.55. The molecule has 0 saturated carbocycles. The van der Waals surface area contributed by atoms with Crippen molar-refractivity contribution in [1.82, 2.24) is 20.1 Å². The average Bonchev–Trinajstić information content (AvgIpc) is 3.18. The minimum atomic E-state index is -0.712. The number of carbonyl (C=O) groups is 3. The van der Waals surface area contributed by atoms with Crippen LogP contribution in [0.5, 0.6) is 0 Å². The molecule has 2 fully saturated rings. The van der Waals surface area contributed by atoms with Crippen molar-refractivity contribution in [1.29, 1.82) is 0 Å². The van der Waals surface area contributed by atoms with Crippen molar-refractivity contribution in [2.75, 3.05) is 33.2 Å². The first kappa shape index (κ1) is 23.0. The summed E-state index contributed by atoms with van der Waals surface area (Å²) >= 11 is 0. The molecule has 7 heteroatoms. The Bertz CT molecular complexity index is 1030. The largest absolute Gasteiger partial charge is 0.356 e. The highest BCUT2D eigenvalue weighted by atomic mass is 16.2. The molecular weight excluding hydrogens is 416 g/mol. The van der Waals surface area contributed by atoms with E-state index in [1.807, 2.05) is 42.3 Å². The van der Waals surface area contributed by atoms with Gasteiger partial charge in [-0.3, -0.25) is 19.4 Å². The Hall–Kier alpha value is -3.22. The number of aromatic nitrogens is 1. The SMILES string of the molecule is CCNC(=O)[C@@]1(Cc2ccccc2-c2cccnc2)CCCN(C(=O)[C@H]2CC(=O)N(C)C2)C1. The van der Waals surface area contributed by atoms with Crippen LogP contribution in [0.15, 0.2) is 48.8 Å². The van der Waals surface area contributed by atoms with Crippen molar-refractivity contribution < 1.29 is 14.4 Å². The van der Waals surface area contributed by atoms with Gasteiger partial charge in [0.15, 0.2) is 0 Å². The molecule has 2 atom stereocenters. The van der Waals surface area contributed by atoms with Crippen molar-refractivity contribution in [3.8, 4) is 11.1 Å². The van der Waals surface area contributed by atoms with E-state index in [1.54, 1.807) is 18.1 Å². The topological polar surface area (TPSA) is 82.6 Å². The average molecular weight is 449 g/mol. The van der Waals surface area contributed by atoms with Gasteiger partial charge in [-0.05, 0) is 43.4 Å². The molecule has 7 nitrogen and oxygen atoms in total. The Kier molecular flexibility index (Phi) is 6.77. The number of rotatable bonds is 6. The quantitative estimate of drug-likeness (QED) is 0.736. The number of hydrogen-bond donors (Lipinski definition) is 1. The fourth-order valence-electron chi connectivity index (χ4n) is 5.21. The normalized spacial score (nSPS) is 23.0. The third-order valence-electron chi connectivity index (χ3n) is 6.92. The molecule has 4 rings (SSSR count). The molecule has 0 aliphatic carbocycles. The lowest BCUT2D eigenvalue weighted by molar-refractivity contribution is -0.144. The van der Waals surface area contributed by atoms with E-state index in [2.05, 4.69) is 22.4 Å². The first-order valence-corrected chi connectivity index (χ1v) is 11.7. The van der Waals surface area contributed by atoms with Gasteiger partial charge in [-0.1, -0.05) is 30.3 Å². The Balaban J connectivity index is 1.63. The van der Waals surface area contributed by atoms with Crippen molar-refractivity contribution in [3.63, 3.8) is 0 Å². The van der Waals surface area contributed by atoms with Gasteiger partial charge in [0, 0.05) is 57.6 Å². The second-order valence-electron chi connectivity index (χ2n) is 9.25. The van der Waals surface area contributed by atoms with Crippen LogP contribution in [0.25, 0.3) is 11.1 Å². The second-order valence-corrected chi connectivity index (χ2v) is 9.25. The Morgan fingerprint density at radius 1 is 1.21 bits per heavy atom. The molecule has 2 saturated heterocycles. The predicted octanol–water partition coefficient (Wildman–Crippen LogP) is 2.51. The van der Waals surface area contributed by atoms with Crippen molar-refractivity contribution >= 4 is 17.7 Å². The van der Waals surface area contributed by atoms with Gasteiger partial charge in [0.05, 0.1) is 11.3 Å². The summed E-state index contributed by atoms with van der Waals surface area (Å²) in [6, 6.07) is 12.0. The van der Waals surface area contributed by atoms with Gasteiger partial charge in [-0.25, -0.2) is 0 Å². The molecule has 1 N–H and O–H groups in total. The maximum absolute atomic E-state index is 13.4. The summed E-state index contributed by atoms with van der Waals surface area (Å²) in [7, 11) is 1.74. The van der Waals surface area contributed by atoms with E-state index in [0.29, 0.717) is 39.0 Å². The molecular formula is C26H32N4O3. The first-order valence-electron chi connectivity index (χ1n) is 11.7. The second kappa shape index (κ2) is 9.73. The summed E-state index contributed by atoms with van der Waals surface area (Å²) in [5.74, 6) is -0.342. The summed E-state index contributed by atoms with van der Waals surface area (Å²) in [5, 5.41) is 3.03. The number of nitrogens with one attached hydrogen (secondary N) is 1. The maximum atomic E-state index is 13.4. The number of amides is 3. The molecule has 2 aliphatic heterocycles. The van der Waals surface area contributed by atoms with Gasteiger partial charge < -0.3 is 15.1 Å². The zero-order valence-corrected chi connectivity index (χ0v) is 19.4. The molecule has 2 aliphatic rings. The van der Waals surface area contributed by atoms with E-state index < -0.39 is 5.41 Å². The number of likely N-dealkylation sites (tertiary alicyclic amines) is 2. The van der Waals surface area contributed by atoms with Gasteiger partial charge >= 0.3 is 0 Å². The van der Waals surface area contributed by atoms with Crippen molar-refractivity contribution in [2.45, 2.75) is 32.6 Å². The minimum absolute atomic E-state index is 0.00532. The minimum Gasteiger partial charge on any atom is -0.356 e. The predicted molar refractivity (Wildman–Crippen MR) is 126 cm³/mol. The molecule has 2 aromatic rings. The molecule has 0 unspecified atom stereocenters. The van der Waals surface area contributed by atoms with Crippen LogP contribution in [-0.2, 0) is 20.8 Å². The third kappa shape index (κ3) is 4.77. The fourth-order valence-corrected chi connectivity index (χ4v) is 5.21. The molecule has 0 spiro atoms. The smallest absolute Gasteiger partial charge is 0.228 e. The van der Waals surface area contributed by atoms with Crippen molar-refractivity contribution in [2.24, 2.45) is 11.3 Å². The third-order valence-corrected chi connectivity index (χ3v) is 6.92. The number of pyridine rings is 1. The molecule has 1 aromatic heterocycles. The summed E-state index contributed by atoms with van der Waals surface area (Å²) in [4.78, 5) is 46.4. The Morgan fingerprint density at radius 2 is 2.03 bits per heavy atom. The van der Waals surface area contributed by atoms with Crippen LogP contribution in [-0.4, -0.2) is 65.7 Å². The van der Waals surface area contributed by atoms with Crippen LogP contribution in [0.1, 0.15) is 31.7 Å². The standard InChI is InChI=1S/C26H32N4O3/c1-3-28-25(33)26(15-19-8-4-5-10-22(19)20-9-6-12-27-16-20)11-7-13-30(18-26)24(32)21-14-23(31)29(2)17-21/h4-6,8-10,12,16,21H,3,7,11,13-15,17-18H2,1-2H3,(H,28,33)/t21-,26+/m0/s1. The maximum Gasteiger partial charge on any atom is 0.228 e. The number of hydrogen-bond acceptors (Lipinski definition) is 4. The van der Waals surface area contributed by atoms with E-state index in [0.717, 1.165) is 23.1 Å². The van der Waals surface area contributed by atoms with Crippen LogP contribution in [0.4, 0.5) is 0 Å². The number of nitrogens with zero attached hydrogens (tertiary/aromatic N) is 3. The molecule has 174 valence electrons.